The van der Waals surface area contributed by atoms with Crippen LogP contribution in [0.25, 0.3) is 0 Å². The van der Waals surface area contributed by atoms with Crippen LogP contribution in [0.1, 0.15) is 77.8 Å². The molecular formula is C29H38F6N2O5S. The number of carbonyl (C=O) groups excluding carboxylic acids is 3. The van der Waals surface area contributed by atoms with Gasteiger partial charge in [0.1, 0.15) is 6.10 Å². The van der Waals surface area contributed by atoms with Gasteiger partial charge in [-0.2, -0.15) is 26.3 Å². The lowest BCUT2D eigenvalue weighted by Crippen LogP contribution is -2.54. The molecule has 3 atom stereocenters. The van der Waals surface area contributed by atoms with Crippen LogP contribution in [-0.4, -0.2) is 65.0 Å². The van der Waals surface area contributed by atoms with Crippen molar-refractivity contribution in [1.82, 2.24) is 10.2 Å². The highest BCUT2D eigenvalue weighted by Gasteiger charge is 2.56. The largest absolute Gasteiger partial charge is 0.471 e. The number of hydrogen-bond acceptors (Lipinski definition) is 6. The summed E-state index contributed by atoms with van der Waals surface area (Å²) < 4.78 is 92.0. The van der Waals surface area contributed by atoms with Crippen LogP contribution in [0.3, 0.4) is 0 Å². The van der Waals surface area contributed by atoms with Crippen molar-refractivity contribution in [3.05, 3.63) is 29.3 Å². The van der Waals surface area contributed by atoms with Gasteiger partial charge in [-0.3, -0.25) is 14.4 Å². The number of alkyl halides is 6. The summed E-state index contributed by atoms with van der Waals surface area (Å²) in [5, 5.41) is 2.68. The Balaban J connectivity index is 1.94. The Morgan fingerprint density at radius 2 is 1.70 bits per heavy atom. The fourth-order valence-electron chi connectivity index (χ4n) is 5.82. The molecule has 2 aliphatic rings. The van der Waals surface area contributed by atoms with Crippen LogP contribution in [0.4, 0.5) is 26.3 Å². The average molecular weight is 641 g/mol. The lowest BCUT2D eigenvalue weighted by molar-refractivity contribution is -0.192. The number of hydrogen-bond donors (Lipinski definition) is 1. The molecule has 1 heterocycles. The van der Waals surface area contributed by atoms with Gasteiger partial charge in [0.15, 0.2) is 0 Å². The third kappa shape index (κ3) is 8.80. The van der Waals surface area contributed by atoms with Gasteiger partial charge in [0.2, 0.25) is 5.91 Å². The number of esters is 1. The van der Waals surface area contributed by atoms with Gasteiger partial charge < -0.3 is 19.7 Å². The maximum atomic E-state index is 13.9. The minimum atomic E-state index is -5.14. The number of halogens is 6. The number of nitrogens with one attached hydrogen (secondary N) is 1. The second-order valence-electron chi connectivity index (χ2n) is 12.1. The fourth-order valence-corrected chi connectivity index (χ4v) is 6.88. The molecule has 3 rings (SSSR count). The Morgan fingerprint density at radius 1 is 1.07 bits per heavy atom. The molecule has 2 fully saturated rings. The van der Waals surface area contributed by atoms with Crippen molar-refractivity contribution in [3.63, 3.8) is 0 Å². The molecule has 1 aromatic rings. The molecule has 1 N–H and O–H groups in total. The van der Waals surface area contributed by atoms with Gasteiger partial charge >= 0.3 is 24.2 Å². The molecule has 1 saturated carbocycles. The Bertz CT molecular complexity index is 1180. The maximum absolute atomic E-state index is 13.9. The summed E-state index contributed by atoms with van der Waals surface area (Å²) in [6.07, 6.45) is -10.6. The zero-order valence-corrected chi connectivity index (χ0v) is 25.6. The number of thioether (sulfide) groups is 1. The SMILES string of the molecule is CC(=O)O[C@H](C)[C@]1(C(=O)NCc2cc(C(F)(F)F)ccc2SC(C)(C)C)CC[C@@H](N(C(=O)C(F)(F)F)C2CCOCC2)C1. The summed E-state index contributed by atoms with van der Waals surface area (Å²) in [5.74, 6) is -3.40. The molecule has 1 aliphatic carbocycles. The Morgan fingerprint density at radius 3 is 2.23 bits per heavy atom. The zero-order chi connectivity index (χ0) is 32.4. The lowest BCUT2D eigenvalue weighted by atomic mass is 9.79. The van der Waals surface area contributed by atoms with Crippen molar-refractivity contribution in [3.8, 4) is 0 Å². The van der Waals surface area contributed by atoms with E-state index in [4.69, 9.17) is 9.47 Å². The van der Waals surface area contributed by atoms with Gasteiger partial charge in [0, 0.05) is 48.4 Å². The highest BCUT2D eigenvalue weighted by atomic mass is 32.2. The highest BCUT2D eigenvalue weighted by Crippen LogP contribution is 2.47. The average Bonchev–Trinajstić information content (AvgIpc) is 3.32. The smallest absolute Gasteiger partial charge is 0.462 e. The van der Waals surface area contributed by atoms with Crippen LogP contribution >= 0.6 is 11.8 Å². The number of carbonyl (C=O) groups is 3. The molecule has 0 radical (unpaired) electrons. The minimum Gasteiger partial charge on any atom is -0.462 e. The molecule has 14 heteroatoms. The van der Waals surface area contributed by atoms with Gasteiger partial charge in [0.05, 0.1) is 11.0 Å². The molecule has 0 spiro atoms. The van der Waals surface area contributed by atoms with E-state index < -0.39 is 59.3 Å². The molecular weight excluding hydrogens is 602 g/mol. The summed E-state index contributed by atoms with van der Waals surface area (Å²) >= 11 is 1.32. The number of nitrogens with zero attached hydrogens (tertiary/aromatic N) is 1. The first-order valence-corrected chi connectivity index (χ1v) is 14.9. The molecule has 7 nitrogen and oxygen atoms in total. The predicted molar refractivity (Wildman–Crippen MR) is 147 cm³/mol. The topological polar surface area (TPSA) is 84.9 Å². The Labute approximate surface area is 251 Å². The number of benzene rings is 1. The molecule has 0 aromatic heterocycles. The molecule has 242 valence electrons. The molecule has 0 unspecified atom stereocenters. The standard InChI is InChI=1S/C29H38F6N2O5S/c1-17(42-18(2)38)27(11-8-22(15-27)37(25(40)29(33,34)35)21-9-12-41-13-10-21)24(39)36-16-19-14-20(28(30,31)32)6-7-23(19)43-26(3,4)5/h6-7,14,17,21-22H,8-13,15-16H2,1-5H3,(H,36,39)/t17-,22-,27+/m1/s1. The second kappa shape index (κ2) is 13.3. The Hall–Kier alpha value is -2.48. The van der Waals surface area contributed by atoms with Crippen LogP contribution in [0.5, 0.6) is 0 Å². The summed E-state index contributed by atoms with van der Waals surface area (Å²) in [7, 11) is 0. The first-order chi connectivity index (χ1) is 19.7. The van der Waals surface area contributed by atoms with E-state index in [1.165, 1.54) is 24.8 Å². The van der Waals surface area contributed by atoms with E-state index in [1.807, 2.05) is 20.8 Å². The zero-order valence-electron chi connectivity index (χ0n) is 24.8. The summed E-state index contributed by atoms with van der Waals surface area (Å²) in [5.41, 5.74) is -2.20. The molecule has 1 saturated heterocycles. The van der Waals surface area contributed by atoms with Crippen molar-refractivity contribution < 1.29 is 50.2 Å². The molecule has 1 aliphatic heterocycles. The van der Waals surface area contributed by atoms with Gasteiger partial charge in [-0.15, -0.1) is 11.8 Å². The van der Waals surface area contributed by atoms with Gasteiger partial charge in [0.25, 0.3) is 0 Å². The number of rotatable bonds is 8. The highest BCUT2D eigenvalue weighted by molar-refractivity contribution is 8.00. The van der Waals surface area contributed by atoms with E-state index in [1.54, 1.807) is 0 Å². The van der Waals surface area contributed by atoms with Crippen molar-refractivity contribution in [2.24, 2.45) is 5.41 Å². The van der Waals surface area contributed by atoms with Crippen LogP contribution < -0.4 is 5.32 Å². The minimum absolute atomic E-state index is 0.00497. The predicted octanol–water partition coefficient (Wildman–Crippen LogP) is 6.27. The lowest BCUT2D eigenvalue weighted by Gasteiger charge is -2.40. The number of amides is 2. The van der Waals surface area contributed by atoms with E-state index in [9.17, 15) is 40.7 Å². The van der Waals surface area contributed by atoms with Crippen molar-refractivity contribution in [1.29, 1.82) is 0 Å². The van der Waals surface area contributed by atoms with E-state index in [-0.39, 0.29) is 62.2 Å². The molecule has 0 bridgehead atoms. The van der Waals surface area contributed by atoms with E-state index in [2.05, 4.69) is 5.32 Å². The fraction of sp³-hybridized carbons (Fsp3) is 0.690. The maximum Gasteiger partial charge on any atom is 0.471 e. The van der Waals surface area contributed by atoms with Crippen molar-refractivity contribution >= 4 is 29.5 Å². The van der Waals surface area contributed by atoms with Gasteiger partial charge in [-0.1, -0.05) is 20.8 Å². The summed E-state index contributed by atoms with van der Waals surface area (Å²) in [6.45, 7) is 8.32. The quantitative estimate of drug-likeness (QED) is 0.205. The first kappa shape index (κ1) is 35.0. The van der Waals surface area contributed by atoms with Crippen molar-refractivity contribution in [2.75, 3.05) is 13.2 Å². The normalized spacial score (nSPS) is 22.6. The van der Waals surface area contributed by atoms with Crippen LogP contribution in [0.2, 0.25) is 0 Å². The number of ether oxygens (including phenoxy) is 2. The van der Waals surface area contributed by atoms with Crippen molar-refractivity contribution in [2.45, 2.75) is 113 Å². The molecule has 1 aromatic carbocycles. The molecule has 43 heavy (non-hydrogen) atoms. The third-order valence-electron chi connectivity index (χ3n) is 7.79. The first-order valence-electron chi connectivity index (χ1n) is 14.1. The molecule has 2 amide bonds. The van der Waals surface area contributed by atoms with Crippen LogP contribution in [-0.2, 0) is 36.6 Å². The van der Waals surface area contributed by atoms with Gasteiger partial charge in [-0.05, 0) is 62.8 Å². The third-order valence-corrected chi connectivity index (χ3v) is 9.03. The van der Waals surface area contributed by atoms with Gasteiger partial charge in [-0.25, -0.2) is 0 Å². The summed E-state index contributed by atoms with van der Waals surface area (Å²) in [4.78, 5) is 39.7. The Kier molecular flexibility index (Phi) is 10.8. The van der Waals surface area contributed by atoms with Crippen LogP contribution in [0, 0.1) is 5.41 Å². The van der Waals surface area contributed by atoms with E-state index in [0.29, 0.717) is 4.90 Å². The van der Waals surface area contributed by atoms with E-state index in [0.717, 1.165) is 24.0 Å². The van der Waals surface area contributed by atoms with Crippen LogP contribution in [0.15, 0.2) is 23.1 Å². The monoisotopic (exact) mass is 640 g/mol. The summed E-state index contributed by atoms with van der Waals surface area (Å²) in [6, 6.07) is 1.54. The van der Waals surface area contributed by atoms with E-state index >= 15 is 0 Å². The second-order valence-corrected chi connectivity index (χ2v) is 13.9.